The molecule has 0 fully saturated rings. The summed E-state index contributed by atoms with van der Waals surface area (Å²) in [7, 11) is 0. The third kappa shape index (κ3) is 5.39. The standard InChI is InChI=1S/C20H25NO3/c1-3-14-24-17-11-8-16(9-12-17)10-13-20(23)21-19-7-5-4-6-18(19)15(2)22/h4-9,11-12,15,22H,3,10,13-14H2,1-2H3,(H,21,23). The summed E-state index contributed by atoms with van der Waals surface area (Å²) in [5.74, 6) is 0.797. The fourth-order valence-electron chi connectivity index (χ4n) is 2.42. The van der Waals surface area contributed by atoms with E-state index in [9.17, 15) is 9.90 Å². The molecule has 0 aliphatic rings. The van der Waals surface area contributed by atoms with Crippen molar-refractivity contribution in [1.29, 1.82) is 0 Å². The maximum atomic E-state index is 12.2. The van der Waals surface area contributed by atoms with E-state index in [0.717, 1.165) is 23.3 Å². The van der Waals surface area contributed by atoms with Gasteiger partial charge in [-0.1, -0.05) is 37.3 Å². The first-order chi connectivity index (χ1) is 11.6. The van der Waals surface area contributed by atoms with Crippen LogP contribution in [0.15, 0.2) is 48.5 Å². The van der Waals surface area contributed by atoms with Gasteiger partial charge in [-0.3, -0.25) is 4.79 Å². The number of carbonyl (C=O) groups is 1. The SMILES string of the molecule is CCCOc1ccc(CCC(=O)Nc2ccccc2C(C)O)cc1. The number of aryl methyl sites for hydroxylation is 1. The quantitative estimate of drug-likeness (QED) is 0.767. The van der Waals surface area contributed by atoms with E-state index in [1.165, 1.54) is 0 Å². The molecule has 0 aliphatic heterocycles. The number of benzene rings is 2. The molecule has 0 saturated heterocycles. The first-order valence-corrected chi connectivity index (χ1v) is 8.38. The first-order valence-electron chi connectivity index (χ1n) is 8.38. The summed E-state index contributed by atoms with van der Waals surface area (Å²) in [6, 6.07) is 15.2. The molecule has 2 aromatic rings. The second kappa shape index (κ2) is 9.08. The van der Waals surface area contributed by atoms with Crippen LogP contribution in [0.1, 0.15) is 43.9 Å². The molecule has 0 bridgehead atoms. The van der Waals surface area contributed by atoms with Crippen molar-refractivity contribution < 1.29 is 14.6 Å². The number of ether oxygens (including phenoxy) is 1. The number of anilines is 1. The molecule has 2 rings (SSSR count). The van der Waals surface area contributed by atoms with Crippen LogP contribution in [0.4, 0.5) is 5.69 Å². The molecule has 4 nitrogen and oxygen atoms in total. The molecule has 2 aromatic carbocycles. The van der Waals surface area contributed by atoms with Gasteiger partial charge in [-0.2, -0.15) is 0 Å². The van der Waals surface area contributed by atoms with Gasteiger partial charge in [-0.05, 0) is 43.5 Å². The molecule has 24 heavy (non-hydrogen) atoms. The predicted octanol–water partition coefficient (Wildman–Crippen LogP) is 4.10. The number of aliphatic hydroxyl groups is 1. The Morgan fingerprint density at radius 1 is 1.17 bits per heavy atom. The number of nitrogens with one attached hydrogen (secondary N) is 1. The number of carbonyl (C=O) groups excluding carboxylic acids is 1. The van der Waals surface area contributed by atoms with Crippen molar-refractivity contribution in [3.63, 3.8) is 0 Å². The highest BCUT2D eigenvalue weighted by Crippen LogP contribution is 2.22. The summed E-state index contributed by atoms with van der Waals surface area (Å²) in [5.41, 5.74) is 2.49. The minimum absolute atomic E-state index is 0.0607. The third-order valence-electron chi connectivity index (χ3n) is 3.72. The van der Waals surface area contributed by atoms with E-state index in [1.807, 2.05) is 42.5 Å². The summed E-state index contributed by atoms with van der Waals surface area (Å²) in [4.78, 5) is 12.2. The summed E-state index contributed by atoms with van der Waals surface area (Å²) in [5, 5.41) is 12.6. The van der Waals surface area contributed by atoms with Crippen molar-refractivity contribution in [2.75, 3.05) is 11.9 Å². The Morgan fingerprint density at radius 3 is 2.54 bits per heavy atom. The normalized spacial score (nSPS) is 11.8. The average molecular weight is 327 g/mol. The van der Waals surface area contributed by atoms with E-state index in [2.05, 4.69) is 12.2 Å². The van der Waals surface area contributed by atoms with Crippen LogP contribution >= 0.6 is 0 Å². The van der Waals surface area contributed by atoms with Crippen molar-refractivity contribution in [2.45, 2.75) is 39.2 Å². The lowest BCUT2D eigenvalue weighted by Gasteiger charge is -2.13. The summed E-state index contributed by atoms with van der Waals surface area (Å²) >= 11 is 0. The Morgan fingerprint density at radius 2 is 1.88 bits per heavy atom. The summed E-state index contributed by atoms with van der Waals surface area (Å²) < 4.78 is 5.55. The van der Waals surface area contributed by atoms with Crippen molar-refractivity contribution in [3.05, 3.63) is 59.7 Å². The monoisotopic (exact) mass is 327 g/mol. The van der Waals surface area contributed by atoms with E-state index in [1.54, 1.807) is 13.0 Å². The highest BCUT2D eigenvalue weighted by Gasteiger charge is 2.10. The number of hydrogen-bond donors (Lipinski definition) is 2. The van der Waals surface area contributed by atoms with Crippen molar-refractivity contribution in [1.82, 2.24) is 0 Å². The highest BCUT2D eigenvalue weighted by atomic mass is 16.5. The Bertz CT molecular complexity index is 650. The van der Waals surface area contributed by atoms with Gasteiger partial charge in [-0.25, -0.2) is 0 Å². The number of aliphatic hydroxyl groups excluding tert-OH is 1. The molecule has 2 N–H and O–H groups in total. The zero-order valence-electron chi connectivity index (χ0n) is 14.3. The molecule has 0 radical (unpaired) electrons. The van der Waals surface area contributed by atoms with E-state index in [-0.39, 0.29) is 5.91 Å². The van der Waals surface area contributed by atoms with Crippen molar-refractivity contribution >= 4 is 11.6 Å². The molecule has 1 unspecified atom stereocenters. The molecule has 0 aliphatic carbocycles. The van der Waals surface area contributed by atoms with Crippen LogP contribution in [0.2, 0.25) is 0 Å². The Balaban J connectivity index is 1.87. The predicted molar refractivity (Wildman–Crippen MR) is 96.3 cm³/mol. The molecular formula is C20H25NO3. The van der Waals surface area contributed by atoms with E-state index < -0.39 is 6.10 Å². The second-order valence-corrected chi connectivity index (χ2v) is 5.80. The van der Waals surface area contributed by atoms with Gasteiger partial charge < -0.3 is 15.2 Å². The lowest BCUT2D eigenvalue weighted by atomic mass is 10.1. The van der Waals surface area contributed by atoms with E-state index in [4.69, 9.17) is 4.74 Å². The molecular weight excluding hydrogens is 302 g/mol. The fourth-order valence-corrected chi connectivity index (χ4v) is 2.42. The third-order valence-corrected chi connectivity index (χ3v) is 3.72. The van der Waals surface area contributed by atoms with E-state index in [0.29, 0.717) is 25.1 Å². The molecule has 128 valence electrons. The Labute approximate surface area is 143 Å². The largest absolute Gasteiger partial charge is 0.494 e. The minimum Gasteiger partial charge on any atom is -0.494 e. The average Bonchev–Trinajstić information content (AvgIpc) is 2.59. The van der Waals surface area contributed by atoms with Crippen LogP contribution < -0.4 is 10.1 Å². The Hall–Kier alpha value is -2.33. The van der Waals surface area contributed by atoms with Crippen LogP contribution in [0, 0.1) is 0 Å². The van der Waals surface area contributed by atoms with Gasteiger partial charge in [0.25, 0.3) is 0 Å². The number of rotatable bonds is 8. The summed E-state index contributed by atoms with van der Waals surface area (Å²) in [6.07, 6.45) is 1.42. The van der Waals surface area contributed by atoms with Gasteiger partial charge in [0.2, 0.25) is 5.91 Å². The molecule has 0 spiro atoms. The zero-order chi connectivity index (χ0) is 17.4. The highest BCUT2D eigenvalue weighted by molar-refractivity contribution is 5.91. The number of para-hydroxylation sites is 1. The molecule has 0 heterocycles. The number of hydrogen-bond acceptors (Lipinski definition) is 3. The maximum absolute atomic E-state index is 12.2. The second-order valence-electron chi connectivity index (χ2n) is 5.80. The van der Waals surface area contributed by atoms with Crippen LogP contribution in [-0.4, -0.2) is 17.6 Å². The Kier molecular flexibility index (Phi) is 6.82. The fraction of sp³-hybridized carbons (Fsp3) is 0.350. The minimum atomic E-state index is -0.614. The summed E-state index contributed by atoms with van der Waals surface area (Å²) in [6.45, 7) is 4.47. The lowest BCUT2D eigenvalue weighted by molar-refractivity contribution is -0.116. The molecule has 1 atom stereocenters. The van der Waals surface area contributed by atoms with Gasteiger partial charge in [0.15, 0.2) is 0 Å². The van der Waals surface area contributed by atoms with Gasteiger partial charge in [-0.15, -0.1) is 0 Å². The van der Waals surface area contributed by atoms with Crippen LogP contribution in [0.3, 0.4) is 0 Å². The van der Waals surface area contributed by atoms with Gasteiger partial charge in [0.05, 0.1) is 12.7 Å². The zero-order valence-corrected chi connectivity index (χ0v) is 14.3. The molecule has 1 amide bonds. The molecule has 0 aromatic heterocycles. The van der Waals surface area contributed by atoms with Crippen LogP contribution in [-0.2, 0) is 11.2 Å². The van der Waals surface area contributed by atoms with Gasteiger partial charge in [0.1, 0.15) is 5.75 Å². The first kappa shape index (κ1) is 18.0. The topological polar surface area (TPSA) is 58.6 Å². The maximum Gasteiger partial charge on any atom is 0.224 e. The van der Waals surface area contributed by atoms with E-state index >= 15 is 0 Å². The number of amides is 1. The van der Waals surface area contributed by atoms with Gasteiger partial charge in [0, 0.05) is 17.7 Å². The van der Waals surface area contributed by atoms with Crippen molar-refractivity contribution in [3.8, 4) is 5.75 Å². The lowest BCUT2D eigenvalue weighted by Crippen LogP contribution is -2.14. The van der Waals surface area contributed by atoms with Crippen LogP contribution in [0.5, 0.6) is 5.75 Å². The smallest absolute Gasteiger partial charge is 0.224 e. The van der Waals surface area contributed by atoms with Crippen LogP contribution in [0.25, 0.3) is 0 Å². The molecule has 4 heteroatoms. The van der Waals surface area contributed by atoms with Gasteiger partial charge >= 0.3 is 0 Å². The molecule has 0 saturated carbocycles. The van der Waals surface area contributed by atoms with Crippen molar-refractivity contribution in [2.24, 2.45) is 0 Å².